The second-order valence-corrected chi connectivity index (χ2v) is 11.6. The monoisotopic (exact) mass is 366 g/mol. The number of carbonyl (C=O) groups excluding carboxylic acids is 1. The average Bonchev–Trinajstić information content (AvgIpc) is 2.78. The van der Waals surface area contributed by atoms with Crippen LogP contribution in [0.3, 0.4) is 0 Å². The first-order valence-corrected chi connectivity index (χ1v) is 11.7. The molecule has 0 radical (unpaired) electrons. The molecule has 0 amide bonds. The summed E-state index contributed by atoms with van der Waals surface area (Å²) >= 11 is 0. The van der Waals surface area contributed by atoms with Crippen molar-refractivity contribution in [2.45, 2.75) is 86.0 Å². The molecule has 0 bridgehead atoms. The first-order chi connectivity index (χ1) is 12.7. The molecule has 0 aromatic heterocycles. The van der Waals surface area contributed by atoms with Gasteiger partial charge in [-0.25, -0.2) is 0 Å². The second-order valence-electron chi connectivity index (χ2n) is 11.6. The standard InChI is InChI=1S/C26H38O/c1-15-23-20-14-22(27)24-17-9-7-6-8-16(17)10-11-19(24)18(20)12-13-21(23)26(4,5)25(15,2)3/h14,16-19,21,24H,6-13H2,1-5H3. The molecule has 1 heteroatoms. The third-order valence-corrected chi connectivity index (χ3v) is 10.6. The highest BCUT2D eigenvalue weighted by Crippen LogP contribution is 2.66. The summed E-state index contributed by atoms with van der Waals surface area (Å²) < 4.78 is 0. The Morgan fingerprint density at radius 3 is 2.41 bits per heavy atom. The lowest BCUT2D eigenvalue weighted by Gasteiger charge is -2.52. The molecule has 1 nitrogen and oxygen atoms in total. The van der Waals surface area contributed by atoms with Gasteiger partial charge in [-0.15, -0.1) is 0 Å². The number of hydrogen-bond donors (Lipinski definition) is 0. The van der Waals surface area contributed by atoms with Crippen molar-refractivity contribution in [1.29, 1.82) is 0 Å². The zero-order valence-corrected chi connectivity index (χ0v) is 18.1. The first-order valence-electron chi connectivity index (χ1n) is 11.7. The molecule has 0 aliphatic heterocycles. The van der Waals surface area contributed by atoms with E-state index in [1.54, 1.807) is 11.1 Å². The van der Waals surface area contributed by atoms with E-state index in [0.29, 0.717) is 40.8 Å². The van der Waals surface area contributed by atoms with Crippen LogP contribution in [0.5, 0.6) is 0 Å². The Hall–Kier alpha value is -0.850. The van der Waals surface area contributed by atoms with Crippen LogP contribution in [0.2, 0.25) is 0 Å². The molecule has 0 saturated heterocycles. The summed E-state index contributed by atoms with van der Waals surface area (Å²) in [6.45, 7) is 12.2. The predicted molar refractivity (Wildman–Crippen MR) is 111 cm³/mol. The summed E-state index contributed by atoms with van der Waals surface area (Å²) in [5.74, 6) is 4.37. The fourth-order valence-corrected chi connectivity index (χ4v) is 8.23. The number of carbonyl (C=O) groups is 1. The zero-order valence-electron chi connectivity index (χ0n) is 18.1. The zero-order chi connectivity index (χ0) is 19.1. The van der Waals surface area contributed by atoms with Gasteiger partial charge >= 0.3 is 0 Å². The van der Waals surface area contributed by atoms with E-state index < -0.39 is 0 Å². The summed E-state index contributed by atoms with van der Waals surface area (Å²) in [6.07, 6.45) is 13.0. The minimum Gasteiger partial charge on any atom is -0.295 e. The van der Waals surface area contributed by atoms with Crippen LogP contribution in [0, 0.1) is 46.3 Å². The molecule has 27 heavy (non-hydrogen) atoms. The van der Waals surface area contributed by atoms with Crippen molar-refractivity contribution < 1.29 is 4.79 Å². The molecule has 0 aromatic carbocycles. The Labute approximate surface area is 166 Å². The van der Waals surface area contributed by atoms with Crippen LogP contribution in [-0.4, -0.2) is 5.78 Å². The van der Waals surface area contributed by atoms with Crippen LogP contribution in [0.15, 0.2) is 22.8 Å². The second kappa shape index (κ2) is 5.83. The van der Waals surface area contributed by atoms with E-state index >= 15 is 0 Å². The van der Waals surface area contributed by atoms with E-state index in [4.69, 9.17) is 0 Å². The van der Waals surface area contributed by atoms with E-state index in [2.05, 4.69) is 40.7 Å². The number of rotatable bonds is 0. The smallest absolute Gasteiger partial charge is 0.159 e. The van der Waals surface area contributed by atoms with Gasteiger partial charge in [0.25, 0.3) is 0 Å². The first kappa shape index (κ1) is 18.2. The van der Waals surface area contributed by atoms with E-state index in [0.717, 1.165) is 5.92 Å². The van der Waals surface area contributed by atoms with Gasteiger partial charge in [-0.05, 0) is 96.7 Å². The maximum Gasteiger partial charge on any atom is 0.159 e. The van der Waals surface area contributed by atoms with Crippen molar-refractivity contribution >= 4 is 5.78 Å². The fraction of sp³-hybridized carbons (Fsp3) is 0.808. The Morgan fingerprint density at radius 2 is 1.63 bits per heavy atom. The molecule has 5 aliphatic carbocycles. The molecule has 3 fully saturated rings. The fourth-order valence-electron chi connectivity index (χ4n) is 8.23. The summed E-state index contributed by atoms with van der Waals surface area (Å²) in [7, 11) is 0. The number of allylic oxidation sites excluding steroid dienone is 4. The molecule has 6 unspecified atom stereocenters. The van der Waals surface area contributed by atoms with Crippen molar-refractivity contribution in [2.75, 3.05) is 0 Å². The molecule has 148 valence electrons. The maximum absolute atomic E-state index is 13.5. The highest BCUT2D eigenvalue weighted by molar-refractivity contribution is 5.95. The van der Waals surface area contributed by atoms with Crippen molar-refractivity contribution in [3.05, 3.63) is 22.8 Å². The van der Waals surface area contributed by atoms with Gasteiger partial charge < -0.3 is 0 Å². The SMILES string of the molecule is CC1=C2C3=CC(=O)C4C5CCCCC5CCC4C3CCC2C(C)(C)C1(C)C. The van der Waals surface area contributed by atoms with Crippen molar-refractivity contribution in [3.8, 4) is 0 Å². The summed E-state index contributed by atoms with van der Waals surface area (Å²) in [4.78, 5) is 13.5. The summed E-state index contributed by atoms with van der Waals surface area (Å²) in [5, 5.41) is 0. The maximum atomic E-state index is 13.5. The van der Waals surface area contributed by atoms with Gasteiger partial charge in [0.15, 0.2) is 5.78 Å². The third kappa shape index (κ3) is 2.26. The van der Waals surface area contributed by atoms with Crippen LogP contribution >= 0.6 is 0 Å². The predicted octanol–water partition coefficient (Wildman–Crippen LogP) is 6.74. The Bertz CT molecular complexity index is 733. The molecule has 0 spiro atoms. The average molecular weight is 367 g/mol. The Morgan fingerprint density at radius 1 is 0.889 bits per heavy atom. The molecule has 0 heterocycles. The third-order valence-electron chi connectivity index (χ3n) is 10.6. The largest absolute Gasteiger partial charge is 0.295 e. The molecule has 0 N–H and O–H groups in total. The minimum absolute atomic E-state index is 0.226. The van der Waals surface area contributed by atoms with Gasteiger partial charge in [-0.2, -0.15) is 0 Å². The van der Waals surface area contributed by atoms with Crippen LogP contribution in [-0.2, 0) is 4.79 Å². The minimum atomic E-state index is 0.226. The molecule has 5 aliphatic rings. The number of ketones is 1. The molecule has 3 saturated carbocycles. The summed E-state index contributed by atoms with van der Waals surface area (Å²) in [5.41, 5.74) is 5.19. The van der Waals surface area contributed by atoms with Gasteiger partial charge in [0.2, 0.25) is 0 Å². The van der Waals surface area contributed by atoms with Crippen LogP contribution < -0.4 is 0 Å². The lowest BCUT2D eigenvalue weighted by molar-refractivity contribution is -0.128. The number of fused-ring (bicyclic) bond motifs is 7. The van der Waals surface area contributed by atoms with Crippen LogP contribution in [0.1, 0.15) is 86.0 Å². The number of hydrogen-bond acceptors (Lipinski definition) is 1. The highest BCUT2D eigenvalue weighted by Gasteiger charge is 2.57. The molecule has 6 atom stereocenters. The van der Waals surface area contributed by atoms with E-state index in [1.807, 2.05) is 0 Å². The Balaban J connectivity index is 1.57. The lowest BCUT2D eigenvalue weighted by atomic mass is 9.52. The normalized spacial score (nSPS) is 44.8. The van der Waals surface area contributed by atoms with Gasteiger partial charge in [0.05, 0.1) is 0 Å². The van der Waals surface area contributed by atoms with Crippen molar-refractivity contribution in [2.24, 2.45) is 46.3 Å². The van der Waals surface area contributed by atoms with Crippen molar-refractivity contribution in [1.82, 2.24) is 0 Å². The van der Waals surface area contributed by atoms with E-state index in [-0.39, 0.29) is 5.41 Å². The van der Waals surface area contributed by atoms with E-state index in [1.165, 1.54) is 56.9 Å². The summed E-state index contributed by atoms with van der Waals surface area (Å²) in [6, 6.07) is 0. The molecule has 0 aromatic rings. The van der Waals surface area contributed by atoms with Gasteiger partial charge in [0, 0.05) is 5.92 Å². The Kier molecular flexibility index (Phi) is 3.93. The topological polar surface area (TPSA) is 17.1 Å². The van der Waals surface area contributed by atoms with Crippen LogP contribution in [0.4, 0.5) is 0 Å². The molecular formula is C26H38O. The highest BCUT2D eigenvalue weighted by atomic mass is 16.1. The molecular weight excluding hydrogens is 328 g/mol. The van der Waals surface area contributed by atoms with Crippen LogP contribution in [0.25, 0.3) is 0 Å². The lowest BCUT2D eigenvalue weighted by Crippen LogP contribution is -2.47. The quantitative estimate of drug-likeness (QED) is 0.464. The van der Waals surface area contributed by atoms with Gasteiger partial charge in [-0.3, -0.25) is 4.79 Å². The molecule has 5 rings (SSSR count). The van der Waals surface area contributed by atoms with Gasteiger partial charge in [-0.1, -0.05) is 52.5 Å². The van der Waals surface area contributed by atoms with Crippen molar-refractivity contribution in [3.63, 3.8) is 0 Å². The van der Waals surface area contributed by atoms with Gasteiger partial charge in [0.1, 0.15) is 0 Å². The van der Waals surface area contributed by atoms with E-state index in [9.17, 15) is 4.79 Å².